The second-order valence-electron chi connectivity index (χ2n) is 7.43. The van der Waals surface area contributed by atoms with Crippen molar-refractivity contribution in [3.05, 3.63) is 60.7 Å². The summed E-state index contributed by atoms with van der Waals surface area (Å²) < 4.78 is 1.95. The van der Waals surface area contributed by atoms with Crippen molar-refractivity contribution in [3.63, 3.8) is 0 Å². The van der Waals surface area contributed by atoms with Crippen molar-refractivity contribution >= 4 is 28.6 Å². The van der Waals surface area contributed by atoms with Gasteiger partial charge in [0.15, 0.2) is 11.0 Å². The molecule has 1 aliphatic carbocycles. The number of carbonyl (C=O) groups excluding carboxylic acids is 1. The van der Waals surface area contributed by atoms with Crippen molar-refractivity contribution in [1.29, 1.82) is 0 Å². The number of benzene rings is 2. The zero-order valence-corrected chi connectivity index (χ0v) is 17.4. The predicted molar refractivity (Wildman–Crippen MR) is 119 cm³/mol. The van der Waals surface area contributed by atoms with Gasteiger partial charge in [0.2, 0.25) is 5.91 Å². The molecule has 0 bridgehead atoms. The third-order valence-corrected chi connectivity index (χ3v) is 6.16. The fourth-order valence-electron chi connectivity index (χ4n) is 3.42. The van der Waals surface area contributed by atoms with Gasteiger partial charge in [-0.25, -0.2) is 4.98 Å². The Morgan fingerprint density at radius 3 is 2.67 bits per heavy atom. The molecular formula is C23H21N5OS. The molecule has 0 aliphatic heterocycles. The molecule has 0 saturated heterocycles. The summed E-state index contributed by atoms with van der Waals surface area (Å²) in [6, 6.07) is 20.6. The standard InChI is InChI=1S/C23H21N5OS/c1-28-22(26-27-23(28)30-14-21(29)24-16-11-12-16)18-13-20(15-7-3-2-4-8-15)25-19-10-6-5-9-17(18)19/h2-10,13,16H,11-12,14H2,1H3,(H,24,29). The lowest BCUT2D eigenvalue weighted by Crippen LogP contribution is -2.27. The molecule has 1 saturated carbocycles. The number of pyridine rings is 1. The molecule has 5 rings (SSSR count). The van der Waals surface area contributed by atoms with E-state index in [9.17, 15) is 4.79 Å². The summed E-state index contributed by atoms with van der Waals surface area (Å²) in [5, 5.41) is 13.5. The van der Waals surface area contributed by atoms with Crippen LogP contribution in [0.2, 0.25) is 0 Å². The number of nitrogens with one attached hydrogen (secondary N) is 1. The lowest BCUT2D eigenvalue weighted by molar-refractivity contribution is -0.118. The Morgan fingerprint density at radius 2 is 1.87 bits per heavy atom. The number of amides is 1. The van der Waals surface area contributed by atoms with Crippen LogP contribution in [0.15, 0.2) is 65.8 Å². The molecule has 1 amide bonds. The topological polar surface area (TPSA) is 72.7 Å². The van der Waals surface area contributed by atoms with Crippen LogP contribution in [-0.4, -0.2) is 37.5 Å². The van der Waals surface area contributed by atoms with Gasteiger partial charge in [-0.05, 0) is 25.0 Å². The Balaban J connectivity index is 1.51. The molecule has 0 spiro atoms. The highest BCUT2D eigenvalue weighted by molar-refractivity contribution is 7.99. The number of rotatable bonds is 6. The highest BCUT2D eigenvalue weighted by Crippen LogP contribution is 2.32. The van der Waals surface area contributed by atoms with Gasteiger partial charge < -0.3 is 9.88 Å². The van der Waals surface area contributed by atoms with Crippen LogP contribution in [-0.2, 0) is 11.8 Å². The van der Waals surface area contributed by atoms with E-state index in [4.69, 9.17) is 4.98 Å². The molecule has 4 aromatic rings. The second kappa shape index (κ2) is 7.91. The van der Waals surface area contributed by atoms with Gasteiger partial charge in [-0.2, -0.15) is 0 Å². The van der Waals surface area contributed by atoms with E-state index in [-0.39, 0.29) is 5.91 Å². The van der Waals surface area contributed by atoms with E-state index in [0.29, 0.717) is 11.8 Å². The monoisotopic (exact) mass is 415 g/mol. The van der Waals surface area contributed by atoms with E-state index in [1.54, 1.807) is 0 Å². The Morgan fingerprint density at radius 1 is 1.10 bits per heavy atom. The maximum absolute atomic E-state index is 12.0. The van der Waals surface area contributed by atoms with Gasteiger partial charge in [0.1, 0.15) is 0 Å². The van der Waals surface area contributed by atoms with E-state index < -0.39 is 0 Å². The molecule has 0 unspecified atom stereocenters. The van der Waals surface area contributed by atoms with Gasteiger partial charge in [-0.3, -0.25) is 4.79 Å². The number of thioether (sulfide) groups is 1. The van der Waals surface area contributed by atoms with Crippen LogP contribution in [0.25, 0.3) is 33.5 Å². The smallest absolute Gasteiger partial charge is 0.230 e. The van der Waals surface area contributed by atoms with Gasteiger partial charge in [-0.15, -0.1) is 10.2 Å². The second-order valence-corrected chi connectivity index (χ2v) is 8.38. The maximum atomic E-state index is 12.0. The summed E-state index contributed by atoms with van der Waals surface area (Å²) in [5.41, 5.74) is 3.84. The number of para-hydroxylation sites is 1. The first-order chi connectivity index (χ1) is 14.7. The lowest BCUT2D eigenvalue weighted by atomic mass is 10.0. The summed E-state index contributed by atoms with van der Waals surface area (Å²) in [6.45, 7) is 0. The van der Waals surface area contributed by atoms with Crippen LogP contribution in [0.1, 0.15) is 12.8 Å². The highest BCUT2D eigenvalue weighted by Gasteiger charge is 2.23. The van der Waals surface area contributed by atoms with E-state index in [0.717, 1.165) is 51.5 Å². The molecule has 1 N–H and O–H groups in total. The van der Waals surface area contributed by atoms with Crippen LogP contribution in [0.3, 0.4) is 0 Å². The quantitative estimate of drug-likeness (QED) is 0.481. The summed E-state index contributed by atoms with van der Waals surface area (Å²) >= 11 is 1.41. The molecule has 1 aliphatic rings. The van der Waals surface area contributed by atoms with Crippen LogP contribution in [0.5, 0.6) is 0 Å². The Hall–Kier alpha value is -3.19. The van der Waals surface area contributed by atoms with Crippen molar-refractivity contribution in [3.8, 4) is 22.6 Å². The number of carbonyl (C=O) groups is 1. The first-order valence-electron chi connectivity index (χ1n) is 9.96. The van der Waals surface area contributed by atoms with E-state index in [2.05, 4.69) is 39.8 Å². The normalized spacial score (nSPS) is 13.5. The Bertz CT molecular complexity index is 1220. The number of hydrogen-bond acceptors (Lipinski definition) is 5. The Kier molecular flexibility index (Phi) is 4.96. The maximum Gasteiger partial charge on any atom is 0.230 e. The first kappa shape index (κ1) is 18.8. The molecule has 30 heavy (non-hydrogen) atoms. The van der Waals surface area contributed by atoms with Crippen LogP contribution >= 0.6 is 11.8 Å². The van der Waals surface area contributed by atoms with E-state index in [1.807, 2.05) is 48.0 Å². The number of aromatic nitrogens is 4. The first-order valence-corrected chi connectivity index (χ1v) is 10.9. The minimum Gasteiger partial charge on any atom is -0.353 e. The average Bonchev–Trinajstić information content (AvgIpc) is 3.52. The highest BCUT2D eigenvalue weighted by atomic mass is 32.2. The molecule has 1 fully saturated rings. The summed E-state index contributed by atoms with van der Waals surface area (Å²) in [6.07, 6.45) is 2.17. The van der Waals surface area contributed by atoms with Crippen LogP contribution in [0.4, 0.5) is 0 Å². The fourth-order valence-corrected chi connectivity index (χ4v) is 4.14. The average molecular weight is 416 g/mol. The van der Waals surface area contributed by atoms with Gasteiger partial charge in [0, 0.05) is 29.6 Å². The van der Waals surface area contributed by atoms with Crippen LogP contribution < -0.4 is 5.32 Å². The SMILES string of the molecule is Cn1c(SCC(=O)NC2CC2)nnc1-c1cc(-c2ccccc2)nc2ccccc12. The minimum absolute atomic E-state index is 0.0489. The molecule has 0 radical (unpaired) electrons. The lowest BCUT2D eigenvalue weighted by Gasteiger charge is -2.10. The zero-order chi connectivity index (χ0) is 20.5. The van der Waals surface area contributed by atoms with Gasteiger partial charge in [-0.1, -0.05) is 60.3 Å². The molecule has 150 valence electrons. The molecule has 2 aromatic carbocycles. The van der Waals surface area contributed by atoms with Crippen molar-refractivity contribution < 1.29 is 4.79 Å². The van der Waals surface area contributed by atoms with Gasteiger partial charge in [0.05, 0.1) is 17.0 Å². The predicted octanol–water partition coefficient (Wildman–Crippen LogP) is 4.07. The van der Waals surface area contributed by atoms with Crippen LogP contribution in [0, 0.1) is 0 Å². The molecule has 0 atom stereocenters. The summed E-state index contributed by atoms with van der Waals surface area (Å²) in [5.74, 6) is 1.15. The molecule has 7 heteroatoms. The van der Waals surface area contributed by atoms with Crippen molar-refractivity contribution in [2.75, 3.05) is 5.75 Å². The van der Waals surface area contributed by atoms with E-state index >= 15 is 0 Å². The molecule has 2 aromatic heterocycles. The number of fused-ring (bicyclic) bond motifs is 1. The molecule has 2 heterocycles. The number of nitrogens with zero attached hydrogens (tertiary/aromatic N) is 4. The third kappa shape index (κ3) is 3.80. The van der Waals surface area contributed by atoms with Gasteiger partial charge >= 0.3 is 0 Å². The fraction of sp³-hybridized carbons (Fsp3) is 0.217. The number of hydrogen-bond donors (Lipinski definition) is 1. The third-order valence-electron chi connectivity index (χ3n) is 5.14. The van der Waals surface area contributed by atoms with Crippen molar-refractivity contribution in [1.82, 2.24) is 25.1 Å². The van der Waals surface area contributed by atoms with Crippen molar-refractivity contribution in [2.45, 2.75) is 24.0 Å². The van der Waals surface area contributed by atoms with Gasteiger partial charge in [0.25, 0.3) is 0 Å². The largest absolute Gasteiger partial charge is 0.353 e. The summed E-state index contributed by atoms with van der Waals surface area (Å²) in [4.78, 5) is 16.9. The Labute approximate surface area is 178 Å². The van der Waals surface area contributed by atoms with Crippen molar-refractivity contribution in [2.24, 2.45) is 7.05 Å². The molecule has 6 nitrogen and oxygen atoms in total. The minimum atomic E-state index is 0.0489. The van der Waals surface area contributed by atoms with E-state index in [1.165, 1.54) is 11.8 Å². The zero-order valence-electron chi connectivity index (χ0n) is 16.6. The molecular weight excluding hydrogens is 394 g/mol. The summed E-state index contributed by atoms with van der Waals surface area (Å²) in [7, 11) is 1.94.